The summed E-state index contributed by atoms with van der Waals surface area (Å²) in [6.45, 7) is 4.14. The maximum absolute atomic E-state index is 11.7. The van der Waals surface area contributed by atoms with Gasteiger partial charge in [-0.3, -0.25) is 4.79 Å². The van der Waals surface area contributed by atoms with Crippen LogP contribution in [0.3, 0.4) is 0 Å². The smallest absolute Gasteiger partial charge is 0.224 e. The number of nitrogens with two attached hydrogens (primary N) is 1. The summed E-state index contributed by atoms with van der Waals surface area (Å²) >= 11 is 0. The average molecular weight is 279 g/mol. The Bertz CT molecular complexity index is 472. The van der Waals surface area contributed by atoms with Crippen molar-refractivity contribution in [3.05, 3.63) is 24.3 Å². The van der Waals surface area contributed by atoms with Gasteiger partial charge in [0.2, 0.25) is 5.91 Å². The van der Waals surface area contributed by atoms with Crippen LogP contribution >= 0.6 is 0 Å². The molecular formula is C14H21N3O3. The molecule has 0 aliphatic carbocycles. The maximum atomic E-state index is 11.7. The third-order valence-electron chi connectivity index (χ3n) is 2.58. The first-order chi connectivity index (χ1) is 9.51. The van der Waals surface area contributed by atoms with E-state index >= 15 is 0 Å². The third kappa shape index (κ3) is 6.08. The topological polar surface area (TPSA) is 96.9 Å². The SMILES string of the molecule is CC(C)CCC(=O)Nc1cccc(OC/C(N)=N/O)c1. The van der Waals surface area contributed by atoms with E-state index in [1.807, 2.05) is 0 Å². The van der Waals surface area contributed by atoms with E-state index in [1.165, 1.54) is 0 Å². The molecule has 1 amide bonds. The van der Waals surface area contributed by atoms with E-state index in [0.717, 1.165) is 6.42 Å². The molecule has 0 aliphatic heterocycles. The Labute approximate surface area is 118 Å². The van der Waals surface area contributed by atoms with Crippen LogP contribution in [0.15, 0.2) is 29.4 Å². The zero-order chi connectivity index (χ0) is 15.0. The standard InChI is InChI=1S/C14H21N3O3/c1-10(2)6-7-14(18)16-11-4-3-5-12(8-11)20-9-13(15)17-19/h3-5,8,10,19H,6-7,9H2,1-2H3,(H2,15,17)(H,16,18). The number of nitrogens with zero attached hydrogens (tertiary/aromatic N) is 1. The minimum atomic E-state index is -0.0210. The second kappa shape index (κ2) is 8.04. The molecule has 0 radical (unpaired) electrons. The van der Waals surface area contributed by atoms with Crippen LogP contribution in [0.2, 0.25) is 0 Å². The maximum Gasteiger partial charge on any atom is 0.224 e. The van der Waals surface area contributed by atoms with Crippen molar-refractivity contribution < 1.29 is 14.7 Å². The van der Waals surface area contributed by atoms with Crippen molar-refractivity contribution in [2.24, 2.45) is 16.8 Å². The van der Waals surface area contributed by atoms with Crippen LogP contribution in [0.4, 0.5) is 5.69 Å². The van der Waals surface area contributed by atoms with Crippen molar-refractivity contribution in [1.82, 2.24) is 0 Å². The Morgan fingerprint density at radius 2 is 2.25 bits per heavy atom. The molecule has 4 N–H and O–H groups in total. The second-order valence-corrected chi connectivity index (χ2v) is 4.89. The van der Waals surface area contributed by atoms with E-state index in [9.17, 15) is 4.79 Å². The summed E-state index contributed by atoms with van der Waals surface area (Å²) in [6, 6.07) is 6.97. The summed E-state index contributed by atoms with van der Waals surface area (Å²) in [4.78, 5) is 11.7. The molecule has 0 unspecified atom stereocenters. The predicted octanol–water partition coefficient (Wildman–Crippen LogP) is 2.19. The number of anilines is 1. The quantitative estimate of drug-likeness (QED) is 0.308. The van der Waals surface area contributed by atoms with Crippen LogP contribution in [0, 0.1) is 5.92 Å². The van der Waals surface area contributed by atoms with E-state index in [1.54, 1.807) is 24.3 Å². The van der Waals surface area contributed by atoms with E-state index in [4.69, 9.17) is 15.7 Å². The summed E-state index contributed by atoms with van der Waals surface area (Å²) in [7, 11) is 0. The second-order valence-electron chi connectivity index (χ2n) is 4.89. The minimum absolute atomic E-state index is 0.0126. The molecule has 0 saturated carbocycles. The molecular weight excluding hydrogens is 258 g/mol. The highest BCUT2D eigenvalue weighted by molar-refractivity contribution is 5.90. The molecule has 0 aromatic heterocycles. The first-order valence-electron chi connectivity index (χ1n) is 6.50. The molecule has 110 valence electrons. The number of amidine groups is 1. The molecule has 0 fully saturated rings. The molecule has 0 atom stereocenters. The molecule has 0 aliphatic rings. The Balaban J connectivity index is 2.53. The molecule has 1 aromatic rings. The Hall–Kier alpha value is -2.24. The first-order valence-corrected chi connectivity index (χ1v) is 6.50. The van der Waals surface area contributed by atoms with Crippen LogP contribution in [-0.4, -0.2) is 23.6 Å². The van der Waals surface area contributed by atoms with Gasteiger partial charge in [0.25, 0.3) is 0 Å². The number of benzene rings is 1. The molecule has 0 heterocycles. The van der Waals surface area contributed by atoms with Gasteiger partial charge < -0.3 is 21.0 Å². The fourth-order valence-corrected chi connectivity index (χ4v) is 1.49. The molecule has 20 heavy (non-hydrogen) atoms. The molecule has 6 nitrogen and oxygen atoms in total. The highest BCUT2D eigenvalue weighted by Gasteiger charge is 2.05. The molecule has 1 rings (SSSR count). The normalized spacial score (nSPS) is 11.4. The lowest BCUT2D eigenvalue weighted by Gasteiger charge is -2.09. The number of carbonyl (C=O) groups excluding carboxylic acids is 1. The van der Waals surface area contributed by atoms with Gasteiger partial charge in [-0.05, 0) is 24.5 Å². The Morgan fingerprint density at radius 3 is 2.90 bits per heavy atom. The lowest BCUT2D eigenvalue weighted by Crippen LogP contribution is -2.20. The van der Waals surface area contributed by atoms with Gasteiger partial charge in [0.15, 0.2) is 5.84 Å². The largest absolute Gasteiger partial charge is 0.485 e. The minimum Gasteiger partial charge on any atom is -0.485 e. The van der Waals surface area contributed by atoms with E-state index < -0.39 is 0 Å². The van der Waals surface area contributed by atoms with E-state index in [-0.39, 0.29) is 18.3 Å². The Morgan fingerprint density at radius 1 is 1.50 bits per heavy atom. The zero-order valence-electron chi connectivity index (χ0n) is 11.8. The van der Waals surface area contributed by atoms with Crippen molar-refractivity contribution in [3.8, 4) is 5.75 Å². The molecule has 0 spiro atoms. The van der Waals surface area contributed by atoms with Gasteiger partial charge in [-0.15, -0.1) is 0 Å². The number of hydrogen-bond donors (Lipinski definition) is 3. The van der Waals surface area contributed by atoms with Crippen molar-refractivity contribution in [2.75, 3.05) is 11.9 Å². The summed E-state index contributed by atoms with van der Waals surface area (Å²) in [5.41, 5.74) is 5.98. The third-order valence-corrected chi connectivity index (χ3v) is 2.58. The van der Waals surface area contributed by atoms with Crippen molar-refractivity contribution in [1.29, 1.82) is 0 Å². The number of ether oxygens (including phenoxy) is 1. The lowest BCUT2D eigenvalue weighted by atomic mass is 10.1. The number of rotatable bonds is 7. The number of oxime groups is 1. The zero-order valence-corrected chi connectivity index (χ0v) is 11.8. The molecule has 0 saturated heterocycles. The number of amides is 1. The van der Waals surface area contributed by atoms with Crippen LogP contribution in [0.25, 0.3) is 0 Å². The monoisotopic (exact) mass is 279 g/mol. The summed E-state index contributed by atoms with van der Waals surface area (Å²) in [6.07, 6.45) is 1.35. The first kappa shape index (κ1) is 15.8. The average Bonchev–Trinajstić information content (AvgIpc) is 2.43. The van der Waals surface area contributed by atoms with Gasteiger partial charge in [-0.25, -0.2) is 0 Å². The van der Waals surface area contributed by atoms with Crippen molar-refractivity contribution >= 4 is 17.4 Å². The fourth-order valence-electron chi connectivity index (χ4n) is 1.49. The number of nitrogens with one attached hydrogen (secondary N) is 1. The highest BCUT2D eigenvalue weighted by Crippen LogP contribution is 2.18. The van der Waals surface area contributed by atoms with E-state index in [0.29, 0.717) is 23.8 Å². The Kier molecular flexibility index (Phi) is 6.36. The fraction of sp³-hybridized carbons (Fsp3) is 0.429. The van der Waals surface area contributed by atoms with Crippen LogP contribution < -0.4 is 15.8 Å². The van der Waals surface area contributed by atoms with Crippen molar-refractivity contribution in [2.45, 2.75) is 26.7 Å². The van der Waals surface area contributed by atoms with Gasteiger partial charge in [0, 0.05) is 18.2 Å². The number of carbonyl (C=O) groups is 1. The van der Waals surface area contributed by atoms with Gasteiger partial charge in [0.05, 0.1) is 0 Å². The highest BCUT2D eigenvalue weighted by atomic mass is 16.5. The summed E-state index contributed by atoms with van der Waals surface area (Å²) < 4.78 is 5.31. The van der Waals surface area contributed by atoms with Gasteiger partial charge in [0.1, 0.15) is 12.4 Å². The van der Waals surface area contributed by atoms with Gasteiger partial charge in [-0.1, -0.05) is 25.1 Å². The van der Waals surface area contributed by atoms with Gasteiger partial charge in [-0.2, -0.15) is 0 Å². The van der Waals surface area contributed by atoms with Gasteiger partial charge >= 0.3 is 0 Å². The van der Waals surface area contributed by atoms with Crippen molar-refractivity contribution in [3.63, 3.8) is 0 Å². The lowest BCUT2D eigenvalue weighted by molar-refractivity contribution is -0.116. The van der Waals surface area contributed by atoms with Crippen LogP contribution in [0.1, 0.15) is 26.7 Å². The summed E-state index contributed by atoms with van der Waals surface area (Å²) in [5, 5.41) is 14.0. The predicted molar refractivity (Wildman–Crippen MR) is 78.0 cm³/mol. The number of hydrogen-bond acceptors (Lipinski definition) is 4. The summed E-state index contributed by atoms with van der Waals surface area (Å²) in [5.74, 6) is 0.998. The molecule has 0 bridgehead atoms. The van der Waals surface area contributed by atoms with Crippen LogP contribution in [-0.2, 0) is 4.79 Å². The molecule has 1 aromatic carbocycles. The van der Waals surface area contributed by atoms with E-state index in [2.05, 4.69) is 24.3 Å². The molecule has 6 heteroatoms. The van der Waals surface area contributed by atoms with Crippen LogP contribution in [0.5, 0.6) is 5.75 Å².